The normalized spacial score (nSPS) is 23.4. The van der Waals surface area contributed by atoms with E-state index in [0.29, 0.717) is 13.1 Å². The first kappa shape index (κ1) is 17.2. The lowest BCUT2D eigenvalue weighted by atomic mass is 10.1. The third-order valence-electron chi connectivity index (χ3n) is 3.59. The van der Waals surface area contributed by atoms with E-state index in [4.69, 9.17) is 4.74 Å². The number of carbonyl (C=O) groups is 1. The molecular weight excluding hydrogens is 256 g/mol. The Labute approximate surface area is 122 Å². The number of carbonyl (C=O) groups excluding carboxylic acids is 1. The number of β-amino-alcohol motifs (C(OH)–C–C–N with tert-alkyl or cyclic N) is 1. The molecule has 1 heterocycles. The predicted octanol–water partition coefficient (Wildman–Crippen LogP) is 2.09. The van der Waals surface area contributed by atoms with Crippen LogP contribution in [0.15, 0.2) is 0 Å². The molecule has 0 aromatic heterocycles. The second-order valence-corrected chi connectivity index (χ2v) is 6.71. The standard InChI is InChI=1S/C15H30N2O3/c1-6-7-8-9-16(5)12-10-17(11-13(12)18)14(19)20-15(2,3)4/h12-13,18H,6-11H2,1-5H3/t12-,13-/m0/s1. The van der Waals surface area contributed by atoms with E-state index in [-0.39, 0.29) is 12.1 Å². The van der Waals surface area contributed by atoms with E-state index in [2.05, 4.69) is 11.8 Å². The van der Waals surface area contributed by atoms with E-state index in [9.17, 15) is 9.90 Å². The number of aliphatic hydroxyl groups is 1. The molecule has 20 heavy (non-hydrogen) atoms. The lowest BCUT2D eigenvalue weighted by Crippen LogP contribution is -2.41. The summed E-state index contributed by atoms with van der Waals surface area (Å²) in [7, 11) is 2.02. The maximum atomic E-state index is 12.0. The molecule has 1 aliphatic rings. The van der Waals surface area contributed by atoms with Gasteiger partial charge in [0, 0.05) is 6.54 Å². The molecule has 0 aromatic carbocycles. The van der Waals surface area contributed by atoms with Crippen molar-refractivity contribution in [2.45, 2.75) is 64.7 Å². The van der Waals surface area contributed by atoms with Crippen LogP contribution in [0.25, 0.3) is 0 Å². The maximum Gasteiger partial charge on any atom is 0.410 e. The minimum atomic E-state index is -0.493. The average molecular weight is 286 g/mol. The molecule has 1 fully saturated rings. The zero-order valence-electron chi connectivity index (χ0n) is 13.6. The molecule has 0 spiro atoms. The Morgan fingerprint density at radius 3 is 2.55 bits per heavy atom. The molecule has 0 saturated carbocycles. The van der Waals surface area contributed by atoms with Crippen molar-refractivity contribution in [3.8, 4) is 0 Å². The molecule has 0 bridgehead atoms. The summed E-state index contributed by atoms with van der Waals surface area (Å²) < 4.78 is 5.35. The van der Waals surface area contributed by atoms with E-state index in [1.54, 1.807) is 4.90 Å². The number of likely N-dealkylation sites (N-methyl/N-ethyl adjacent to an activating group) is 1. The monoisotopic (exact) mass is 286 g/mol. The fourth-order valence-electron chi connectivity index (χ4n) is 2.46. The van der Waals surface area contributed by atoms with Gasteiger partial charge in [0.15, 0.2) is 0 Å². The molecule has 0 radical (unpaired) electrons. The highest BCUT2D eigenvalue weighted by Crippen LogP contribution is 2.19. The highest BCUT2D eigenvalue weighted by molar-refractivity contribution is 5.68. The minimum Gasteiger partial charge on any atom is -0.444 e. The topological polar surface area (TPSA) is 53.0 Å². The number of rotatable bonds is 5. The number of ether oxygens (including phenoxy) is 1. The van der Waals surface area contributed by atoms with Crippen LogP contribution in [0.2, 0.25) is 0 Å². The predicted molar refractivity (Wildman–Crippen MR) is 79.8 cm³/mol. The molecule has 1 saturated heterocycles. The van der Waals surface area contributed by atoms with E-state index in [1.165, 1.54) is 12.8 Å². The summed E-state index contributed by atoms with van der Waals surface area (Å²) in [6.45, 7) is 9.59. The highest BCUT2D eigenvalue weighted by atomic mass is 16.6. The van der Waals surface area contributed by atoms with Gasteiger partial charge in [-0.15, -0.1) is 0 Å². The van der Waals surface area contributed by atoms with Crippen LogP contribution in [0.4, 0.5) is 4.79 Å². The van der Waals surface area contributed by atoms with Crippen LogP contribution in [0.5, 0.6) is 0 Å². The number of nitrogens with zero attached hydrogens (tertiary/aromatic N) is 2. The van der Waals surface area contributed by atoms with Gasteiger partial charge in [0.2, 0.25) is 0 Å². The Morgan fingerprint density at radius 1 is 1.35 bits per heavy atom. The molecule has 0 aliphatic carbocycles. The van der Waals surface area contributed by atoms with Gasteiger partial charge in [-0.2, -0.15) is 0 Å². The van der Waals surface area contributed by atoms with Crippen LogP contribution in [-0.2, 0) is 4.74 Å². The second kappa shape index (κ2) is 7.27. The number of hydrogen-bond donors (Lipinski definition) is 1. The lowest BCUT2D eigenvalue weighted by Gasteiger charge is -2.27. The summed E-state index contributed by atoms with van der Waals surface area (Å²) in [6.07, 6.45) is 2.69. The smallest absolute Gasteiger partial charge is 0.410 e. The van der Waals surface area contributed by atoms with E-state index < -0.39 is 11.7 Å². The highest BCUT2D eigenvalue weighted by Gasteiger charge is 2.37. The van der Waals surface area contributed by atoms with Gasteiger partial charge in [-0.3, -0.25) is 4.90 Å². The first-order valence-electron chi connectivity index (χ1n) is 7.61. The van der Waals surface area contributed by atoms with Crippen LogP contribution < -0.4 is 0 Å². The largest absolute Gasteiger partial charge is 0.444 e. The van der Waals surface area contributed by atoms with E-state index in [1.807, 2.05) is 27.8 Å². The van der Waals surface area contributed by atoms with Gasteiger partial charge in [-0.05, 0) is 40.8 Å². The molecule has 1 aliphatic heterocycles. The molecule has 118 valence electrons. The zero-order chi connectivity index (χ0) is 15.3. The van der Waals surface area contributed by atoms with Gasteiger partial charge in [0.25, 0.3) is 0 Å². The number of unbranched alkanes of at least 4 members (excludes halogenated alkanes) is 2. The molecule has 0 aromatic rings. The minimum absolute atomic E-state index is 0.0133. The third-order valence-corrected chi connectivity index (χ3v) is 3.59. The second-order valence-electron chi connectivity index (χ2n) is 6.71. The summed E-state index contributed by atoms with van der Waals surface area (Å²) in [5.41, 5.74) is -0.493. The maximum absolute atomic E-state index is 12.0. The molecule has 5 nitrogen and oxygen atoms in total. The van der Waals surface area contributed by atoms with Crippen LogP contribution in [0.1, 0.15) is 47.0 Å². The Bertz CT molecular complexity index is 315. The number of amides is 1. The average Bonchev–Trinajstić information content (AvgIpc) is 2.69. The van der Waals surface area contributed by atoms with Crippen LogP contribution in [0, 0.1) is 0 Å². The fraction of sp³-hybridized carbons (Fsp3) is 0.933. The van der Waals surface area contributed by atoms with Crippen molar-refractivity contribution in [1.82, 2.24) is 9.80 Å². The van der Waals surface area contributed by atoms with Gasteiger partial charge in [-0.25, -0.2) is 4.79 Å². The molecule has 1 rings (SSSR count). The van der Waals surface area contributed by atoms with Crippen molar-refractivity contribution in [3.63, 3.8) is 0 Å². The van der Waals surface area contributed by atoms with Gasteiger partial charge in [0.05, 0.1) is 18.7 Å². The molecule has 0 unspecified atom stereocenters. The van der Waals surface area contributed by atoms with Gasteiger partial charge >= 0.3 is 6.09 Å². The summed E-state index contributed by atoms with van der Waals surface area (Å²) in [6, 6.07) is 0.0133. The Balaban J connectivity index is 2.47. The van der Waals surface area contributed by atoms with Crippen molar-refractivity contribution in [1.29, 1.82) is 0 Å². The van der Waals surface area contributed by atoms with Crippen LogP contribution >= 0.6 is 0 Å². The van der Waals surface area contributed by atoms with Crippen LogP contribution in [0.3, 0.4) is 0 Å². The van der Waals surface area contributed by atoms with Crippen molar-refractivity contribution in [2.24, 2.45) is 0 Å². The quantitative estimate of drug-likeness (QED) is 0.786. The van der Waals surface area contributed by atoms with E-state index in [0.717, 1.165) is 13.0 Å². The number of aliphatic hydroxyl groups excluding tert-OH is 1. The molecular formula is C15H30N2O3. The molecule has 1 N–H and O–H groups in total. The summed E-state index contributed by atoms with van der Waals surface area (Å²) in [5.74, 6) is 0. The first-order valence-corrected chi connectivity index (χ1v) is 7.61. The van der Waals surface area contributed by atoms with Crippen molar-refractivity contribution in [3.05, 3.63) is 0 Å². The fourth-order valence-corrected chi connectivity index (χ4v) is 2.46. The summed E-state index contributed by atoms with van der Waals surface area (Å²) in [4.78, 5) is 15.8. The van der Waals surface area contributed by atoms with Gasteiger partial charge in [0.1, 0.15) is 5.60 Å². The summed E-state index contributed by atoms with van der Waals surface area (Å²) >= 11 is 0. The molecule has 1 amide bonds. The number of hydrogen-bond acceptors (Lipinski definition) is 4. The Kier molecular flexibility index (Phi) is 6.27. The van der Waals surface area contributed by atoms with Crippen molar-refractivity contribution >= 4 is 6.09 Å². The van der Waals surface area contributed by atoms with Gasteiger partial charge < -0.3 is 14.7 Å². The SMILES string of the molecule is CCCCCN(C)[C@H]1CN(C(=O)OC(C)(C)C)C[C@@H]1O. The summed E-state index contributed by atoms with van der Waals surface area (Å²) in [5, 5.41) is 10.1. The zero-order valence-corrected chi connectivity index (χ0v) is 13.6. The van der Waals surface area contributed by atoms with Crippen molar-refractivity contribution in [2.75, 3.05) is 26.7 Å². The number of likely N-dealkylation sites (tertiary alicyclic amines) is 1. The Morgan fingerprint density at radius 2 is 2.00 bits per heavy atom. The lowest BCUT2D eigenvalue weighted by molar-refractivity contribution is 0.0269. The molecule has 2 atom stereocenters. The Hall–Kier alpha value is -0.810. The van der Waals surface area contributed by atoms with Crippen molar-refractivity contribution < 1.29 is 14.6 Å². The first-order chi connectivity index (χ1) is 9.24. The molecule has 5 heteroatoms. The van der Waals surface area contributed by atoms with Gasteiger partial charge in [-0.1, -0.05) is 19.8 Å². The third kappa shape index (κ3) is 5.29. The van der Waals surface area contributed by atoms with Crippen LogP contribution in [-0.4, -0.2) is 65.4 Å². The van der Waals surface area contributed by atoms with E-state index >= 15 is 0 Å².